The van der Waals surface area contributed by atoms with Crippen molar-refractivity contribution in [3.8, 4) is 11.5 Å². The third kappa shape index (κ3) is 4.59. The van der Waals surface area contributed by atoms with Crippen LogP contribution in [-0.4, -0.2) is 50.2 Å². The highest BCUT2D eigenvalue weighted by Gasteiger charge is 2.24. The number of esters is 1. The van der Waals surface area contributed by atoms with Crippen molar-refractivity contribution in [1.82, 2.24) is 0 Å². The zero-order valence-electron chi connectivity index (χ0n) is 16.7. The van der Waals surface area contributed by atoms with Crippen molar-refractivity contribution in [2.24, 2.45) is 0 Å². The Morgan fingerprint density at radius 3 is 2.50 bits per heavy atom. The van der Waals surface area contributed by atoms with E-state index in [9.17, 15) is 19.7 Å². The van der Waals surface area contributed by atoms with Gasteiger partial charge in [-0.1, -0.05) is 0 Å². The van der Waals surface area contributed by atoms with Gasteiger partial charge < -0.3 is 24.4 Å². The summed E-state index contributed by atoms with van der Waals surface area (Å²) in [6, 6.07) is 8.81. The van der Waals surface area contributed by atoms with Crippen LogP contribution in [0, 0.1) is 10.1 Å². The Morgan fingerprint density at radius 2 is 1.83 bits per heavy atom. The number of carbonyl (C=O) groups is 2. The highest BCUT2D eigenvalue weighted by atomic mass is 16.6. The number of hydrogen-bond donors (Lipinski definition) is 1. The van der Waals surface area contributed by atoms with E-state index in [-0.39, 0.29) is 11.3 Å². The van der Waals surface area contributed by atoms with E-state index >= 15 is 0 Å². The van der Waals surface area contributed by atoms with Crippen molar-refractivity contribution in [3.63, 3.8) is 0 Å². The molecule has 0 fully saturated rings. The van der Waals surface area contributed by atoms with Gasteiger partial charge in [0.1, 0.15) is 13.2 Å². The predicted octanol–water partition coefficient (Wildman–Crippen LogP) is 2.62. The Balaban J connectivity index is 1.71. The maximum Gasteiger partial charge on any atom is 0.341 e. The molecule has 1 aliphatic rings. The fourth-order valence-corrected chi connectivity index (χ4v) is 2.83. The monoisotopic (exact) mass is 415 g/mol. The normalized spacial score (nSPS) is 13.2. The molecule has 0 aliphatic carbocycles. The van der Waals surface area contributed by atoms with Crippen molar-refractivity contribution < 1.29 is 28.7 Å². The number of nitro groups is 1. The number of benzene rings is 2. The molecule has 0 saturated heterocycles. The summed E-state index contributed by atoms with van der Waals surface area (Å²) in [5, 5.41) is 13.7. The van der Waals surface area contributed by atoms with Crippen LogP contribution >= 0.6 is 0 Å². The first-order valence-corrected chi connectivity index (χ1v) is 9.13. The highest BCUT2D eigenvalue weighted by molar-refractivity contribution is 6.00. The standard InChI is InChI=1S/C20H21N3O7/c1-12(19(24)21-13-4-7-17-18(10-13)29-9-8-28-17)30-20(25)15-11-14(23(26)27)5-6-16(15)22(2)3/h4-7,10-12H,8-9H2,1-3H3,(H,21,24)/t12-/m1/s1. The van der Waals surface area contributed by atoms with Gasteiger partial charge in [-0.25, -0.2) is 4.79 Å². The Morgan fingerprint density at radius 1 is 1.13 bits per heavy atom. The molecule has 2 aromatic rings. The van der Waals surface area contributed by atoms with Crippen LogP contribution in [0.2, 0.25) is 0 Å². The number of carbonyl (C=O) groups excluding carboxylic acids is 2. The fourth-order valence-electron chi connectivity index (χ4n) is 2.83. The number of anilines is 2. The Labute approximate surface area is 172 Å². The summed E-state index contributed by atoms with van der Waals surface area (Å²) in [4.78, 5) is 37.1. The number of rotatable bonds is 6. The molecule has 1 heterocycles. The molecule has 0 unspecified atom stereocenters. The molecule has 2 aromatic carbocycles. The van der Waals surface area contributed by atoms with E-state index in [1.54, 1.807) is 37.2 Å². The van der Waals surface area contributed by atoms with Gasteiger partial charge in [0.05, 0.1) is 16.2 Å². The topological polar surface area (TPSA) is 120 Å². The summed E-state index contributed by atoms with van der Waals surface area (Å²) in [6.07, 6.45) is -1.14. The summed E-state index contributed by atoms with van der Waals surface area (Å²) >= 11 is 0. The third-order valence-electron chi connectivity index (χ3n) is 4.36. The summed E-state index contributed by atoms with van der Waals surface area (Å²) in [7, 11) is 3.38. The predicted molar refractivity (Wildman–Crippen MR) is 108 cm³/mol. The van der Waals surface area contributed by atoms with Crippen molar-refractivity contribution >= 4 is 28.9 Å². The van der Waals surface area contributed by atoms with Crippen LogP contribution in [0.4, 0.5) is 17.1 Å². The van der Waals surface area contributed by atoms with E-state index in [0.29, 0.717) is 36.1 Å². The Bertz CT molecular complexity index is 990. The van der Waals surface area contributed by atoms with E-state index < -0.39 is 22.9 Å². The molecule has 1 N–H and O–H groups in total. The van der Waals surface area contributed by atoms with E-state index in [2.05, 4.69) is 5.32 Å². The minimum absolute atomic E-state index is 0.00632. The van der Waals surface area contributed by atoms with E-state index in [0.717, 1.165) is 6.07 Å². The van der Waals surface area contributed by atoms with Gasteiger partial charge in [0.25, 0.3) is 11.6 Å². The van der Waals surface area contributed by atoms with Gasteiger partial charge >= 0.3 is 5.97 Å². The Kier molecular flexibility index (Phi) is 6.05. The van der Waals surface area contributed by atoms with Crippen molar-refractivity contribution in [1.29, 1.82) is 0 Å². The SMILES string of the molecule is C[C@@H](OC(=O)c1cc([N+](=O)[O-])ccc1N(C)C)C(=O)Nc1ccc2c(c1)OCCO2. The molecular weight excluding hydrogens is 394 g/mol. The van der Waals surface area contributed by atoms with Crippen molar-refractivity contribution in [2.75, 3.05) is 37.5 Å². The average molecular weight is 415 g/mol. The summed E-state index contributed by atoms with van der Waals surface area (Å²) in [5.74, 6) is -0.305. The van der Waals surface area contributed by atoms with Gasteiger partial charge in [0.2, 0.25) is 0 Å². The van der Waals surface area contributed by atoms with Crippen LogP contribution in [0.5, 0.6) is 11.5 Å². The van der Waals surface area contributed by atoms with Gasteiger partial charge in [0, 0.05) is 38.0 Å². The van der Waals surface area contributed by atoms with Gasteiger partial charge in [-0.3, -0.25) is 14.9 Å². The lowest BCUT2D eigenvalue weighted by molar-refractivity contribution is -0.384. The number of amides is 1. The van der Waals surface area contributed by atoms with Crippen molar-refractivity contribution in [3.05, 3.63) is 52.1 Å². The second-order valence-electron chi connectivity index (χ2n) is 6.75. The minimum atomic E-state index is -1.14. The highest BCUT2D eigenvalue weighted by Crippen LogP contribution is 2.32. The van der Waals surface area contributed by atoms with Gasteiger partial charge in [-0.15, -0.1) is 0 Å². The van der Waals surface area contributed by atoms with Crippen LogP contribution < -0.4 is 19.7 Å². The molecule has 0 spiro atoms. The fraction of sp³-hybridized carbons (Fsp3) is 0.300. The van der Waals surface area contributed by atoms with Gasteiger partial charge in [-0.05, 0) is 25.1 Å². The summed E-state index contributed by atoms with van der Waals surface area (Å²) in [6.45, 7) is 2.28. The number of hydrogen-bond acceptors (Lipinski definition) is 8. The molecule has 3 rings (SSSR count). The molecule has 30 heavy (non-hydrogen) atoms. The molecule has 1 amide bonds. The molecule has 1 aliphatic heterocycles. The third-order valence-corrected chi connectivity index (χ3v) is 4.36. The number of nitrogens with one attached hydrogen (secondary N) is 1. The lowest BCUT2D eigenvalue weighted by Crippen LogP contribution is -2.30. The Hall–Kier alpha value is -3.82. The first-order chi connectivity index (χ1) is 14.3. The van der Waals surface area contributed by atoms with Crippen LogP contribution in [0.3, 0.4) is 0 Å². The molecule has 10 heteroatoms. The largest absolute Gasteiger partial charge is 0.486 e. The van der Waals surface area contributed by atoms with Gasteiger partial charge in [-0.2, -0.15) is 0 Å². The van der Waals surface area contributed by atoms with E-state index in [1.807, 2.05) is 0 Å². The molecule has 0 bridgehead atoms. The second-order valence-corrected chi connectivity index (χ2v) is 6.75. The smallest absolute Gasteiger partial charge is 0.341 e. The number of ether oxygens (including phenoxy) is 3. The van der Waals surface area contributed by atoms with Crippen molar-refractivity contribution in [2.45, 2.75) is 13.0 Å². The summed E-state index contributed by atoms with van der Waals surface area (Å²) in [5.41, 5.74) is 0.635. The minimum Gasteiger partial charge on any atom is -0.486 e. The van der Waals surface area contributed by atoms with Crippen LogP contribution in [0.1, 0.15) is 17.3 Å². The molecule has 0 radical (unpaired) electrons. The second kappa shape index (κ2) is 8.68. The number of non-ortho nitro benzene ring substituents is 1. The number of nitro benzene ring substituents is 1. The molecular formula is C20H21N3O7. The number of nitrogens with zero attached hydrogens (tertiary/aromatic N) is 2. The number of fused-ring (bicyclic) bond motifs is 1. The zero-order valence-corrected chi connectivity index (χ0v) is 16.7. The molecule has 1 atom stereocenters. The van der Waals surface area contributed by atoms with E-state index in [4.69, 9.17) is 14.2 Å². The first-order valence-electron chi connectivity index (χ1n) is 9.13. The lowest BCUT2D eigenvalue weighted by Gasteiger charge is -2.20. The first kappa shape index (κ1) is 20.9. The average Bonchev–Trinajstić information content (AvgIpc) is 2.72. The summed E-state index contributed by atoms with van der Waals surface area (Å²) < 4.78 is 16.2. The molecule has 0 aromatic heterocycles. The van der Waals surface area contributed by atoms with Gasteiger partial charge in [0.15, 0.2) is 17.6 Å². The molecule has 10 nitrogen and oxygen atoms in total. The van der Waals surface area contributed by atoms with E-state index in [1.165, 1.54) is 19.1 Å². The van der Waals surface area contributed by atoms with Crippen LogP contribution in [0.25, 0.3) is 0 Å². The maximum atomic E-state index is 12.6. The zero-order chi connectivity index (χ0) is 21.8. The maximum absolute atomic E-state index is 12.6. The quantitative estimate of drug-likeness (QED) is 0.434. The molecule has 0 saturated carbocycles. The molecule has 158 valence electrons. The van der Waals surface area contributed by atoms with Crippen LogP contribution in [0.15, 0.2) is 36.4 Å². The lowest BCUT2D eigenvalue weighted by atomic mass is 10.1. The van der Waals surface area contributed by atoms with Crippen LogP contribution in [-0.2, 0) is 9.53 Å².